The van der Waals surface area contributed by atoms with Crippen LogP contribution in [0.2, 0.25) is 0 Å². The molecule has 0 aliphatic rings. The lowest BCUT2D eigenvalue weighted by Crippen LogP contribution is -2.05. The molecule has 0 aliphatic carbocycles. The number of aliphatic hydroxyl groups excluding tert-OH is 1. The molecule has 3 aromatic rings. The summed E-state index contributed by atoms with van der Waals surface area (Å²) in [6.07, 6.45) is 0.961. The van der Waals surface area contributed by atoms with Gasteiger partial charge in [0.1, 0.15) is 17.1 Å². The molecule has 0 spiro atoms. The van der Waals surface area contributed by atoms with E-state index < -0.39 is 0 Å². The molecule has 0 aliphatic heterocycles. The molecule has 4 nitrogen and oxygen atoms in total. The SMILES string of the molecule is COc1ccc(CC(C)C)c2nc(-c3ccc(C(C)C)cc3)n(CCO)c12. The van der Waals surface area contributed by atoms with Gasteiger partial charge in [-0.05, 0) is 35.4 Å². The minimum absolute atomic E-state index is 0.0557. The summed E-state index contributed by atoms with van der Waals surface area (Å²) < 4.78 is 7.72. The van der Waals surface area contributed by atoms with Gasteiger partial charge in [0.05, 0.1) is 19.2 Å². The van der Waals surface area contributed by atoms with E-state index in [-0.39, 0.29) is 6.61 Å². The summed E-state index contributed by atoms with van der Waals surface area (Å²) in [6, 6.07) is 12.7. The lowest BCUT2D eigenvalue weighted by atomic mass is 10.0. The van der Waals surface area contributed by atoms with Crippen LogP contribution in [0.5, 0.6) is 5.75 Å². The van der Waals surface area contributed by atoms with Crippen LogP contribution in [0, 0.1) is 5.92 Å². The zero-order valence-corrected chi connectivity index (χ0v) is 17.0. The van der Waals surface area contributed by atoms with Crippen LogP contribution in [0.15, 0.2) is 36.4 Å². The van der Waals surface area contributed by atoms with Gasteiger partial charge in [-0.1, -0.05) is 58.0 Å². The molecule has 1 aromatic heterocycles. The van der Waals surface area contributed by atoms with Crippen LogP contribution in [0.1, 0.15) is 44.7 Å². The Balaban J connectivity index is 2.23. The molecule has 1 heterocycles. The highest BCUT2D eigenvalue weighted by molar-refractivity contribution is 5.89. The van der Waals surface area contributed by atoms with Gasteiger partial charge in [-0.25, -0.2) is 4.98 Å². The summed E-state index contributed by atoms with van der Waals surface area (Å²) in [7, 11) is 1.68. The van der Waals surface area contributed by atoms with E-state index in [4.69, 9.17) is 9.72 Å². The van der Waals surface area contributed by atoms with Crippen molar-refractivity contribution in [3.63, 3.8) is 0 Å². The van der Waals surface area contributed by atoms with Crippen molar-refractivity contribution in [3.8, 4) is 17.1 Å². The van der Waals surface area contributed by atoms with E-state index in [2.05, 4.69) is 62.6 Å². The molecule has 1 N–H and O–H groups in total. The molecule has 3 rings (SSSR count). The number of methoxy groups -OCH3 is 1. The van der Waals surface area contributed by atoms with E-state index in [0.717, 1.165) is 34.6 Å². The molecule has 0 bridgehead atoms. The molecule has 144 valence electrons. The predicted molar refractivity (Wildman–Crippen MR) is 111 cm³/mol. The number of rotatable bonds is 7. The first-order valence-electron chi connectivity index (χ1n) is 9.73. The monoisotopic (exact) mass is 366 g/mol. The van der Waals surface area contributed by atoms with Gasteiger partial charge in [0.2, 0.25) is 0 Å². The largest absolute Gasteiger partial charge is 0.494 e. The molecule has 0 atom stereocenters. The third-order valence-corrected chi connectivity index (χ3v) is 4.95. The number of hydrogen-bond acceptors (Lipinski definition) is 3. The van der Waals surface area contributed by atoms with Crippen LogP contribution in [-0.4, -0.2) is 28.4 Å². The fourth-order valence-electron chi connectivity index (χ4n) is 3.59. The Morgan fingerprint density at radius 1 is 1.04 bits per heavy atom. The topological polar surface area (TPSA) is 47.3 Å². The van der Waals surface area contributed by atoms with Crippen LogP contribution in [0.25, 0.3) is 22.4 Å². The fourth-order valence-corrected chi connectivity index (χ4v) is 3.59. The van der Waals surface area contributed by atoms with E-state index >= 15 is 0 Å². The smallest absolute Gasteiger partial charge is 0.144 e. The van der Waals surface area contributed by atoms with E-state index in [0.29, 0.717) is 18.4 Å². The second kappa shape index (κ2) is 8.13. The Hall–Kier alpha value is -2.33. The summed E-state index contributed by atoms with van der Waals surface area (Å²) in [6.45, 7) is 9.36. The molecular formula is C23H30N2O2. The maximum Gasteiger partial charge on any atom is 0.144 e. The van der Waals surface area contributed by atoms with Crippen molar-refractivity contribution < 1.29 is 9.84 Å². The number of fused-ring (bicyclic) bond motifs is 1. The van der Waals surface area contributed by atoms with Gasteiger partial charge >= 0.3 is 0 Å². The molecule has 0 fully saturated rings. The Kier molecular flexibility index (Phi) is 5.85. The second-order valence-electron chi connectivity index (χ2n) is 7.81. The average Bonchev–Trinajstić information content (AvgIpc) is 3.02. The molecule has 4 heteroatoms. The zero-order chi connectivity index (χ0) is 19.6. The Morgan fingerprint density at radius 3 is 2.30 bits per heavy atom. The summed E-state index contributed by atoms with van der Waals surface area (Å²) >= 11 is 0. The number of hydrogen-bond donors (Lipinski definition) is 1. The van der Waals surface area contributed by atoms with E-state index in [1.54, 1.807) is 7.11 Å². The second-order valence-corrected chi connectivity index (χ2v) is 7.81. The standard InChI is InChI=1S/C23H30N2O2/c1-15(2)14-19-10-11-20(27-5)22-21(19)24-23(25(22)12-13-26)18-8-6-17(7-9-18)16(3)4/h6-11,15-16,26H,12-14H2,1-5H3. The van der Waals surface area contributed by atoms with Crippen molar-refractivity contribution in [3.05, 3.63) is 47.5 Å². The minimum atomic E-state index is 0.0557. The quantitative estimate of drug-likeness (QED) is 0.638. The maximum atomic E-state index is 9.67. The molecular weight excluding hydrogens is 336 g/mol. The van der Waals surface area contributed by atoms with Crippen LogP contribution in [-0.2, 0) is 13.0 Å². The van der Waals surface area contributed by atoms with E-state index in [1.165, 1.54) is 11.1 Å². The number of benzene rings is 2. The van der Waals surface area contributed by atoms with Gasteiger partial charge in [-0.2, -0.15) is 0 Å². The highest BCUT2D eigenvalue weighted by Gasteiger charge is 2.19. The third-order valence-electron chi connectivity index (χ3n) is 4.95. The van der Waals surface area contributed by atoms with Crippen molar-refractivity contribution in [1.29, 1.82) is 0 Å². The van der Waals surface area contributed by atoms with E-state index in [1.807, 2.05) is 6.07 Å². The van der Waals surface area contributed by atoms with Crippen molar-refractivity contribution in [2.75, 3.05) is 13.7 Å². The van der Waals surface area contributed by atoms with Crippen LogP contribution >= 0.6 is 0 Å². The average molecular weight is 367 g/mol. The first-order chi connectivity index (χ1) is 13.0. The van der Waals surface area contributed by atoms with Crippen molar-refractivity contribution in [1.82, 2.24) is 9.55 Å². The molecule has 27 heavy (non-hydrogen) atoms. The minimum Gasteiger partial charge on any atom is -0.494 e. The van der Waals surface area contributed by atoms with Crippen LogP contribution < -0.4 is 4.74 Å². The van der Waals surface area contributed by atoms with Gasteiger partial charge in [0, 0.05) is 12.1 Å². The Morgan fingerprint density at radius 2 is 1.74 bits per heavy atom. The zero-order valence-electron chi connectivity index (χ0n) is 17.0. The molecule has 0 unspecified atom stereocenters. The molecule has 0 radical (unpaired) electrons. The normalized spacial score (nSPS) is 11.7. The van der Waals surface area contributed by atoms with E-state index in [9.17, 15) is 5.11 Å². The lowest BCUT2D eigenvalue weighted by Gasteiger charge is -2.12. The maximum absolute atomic E-state index is 9.67. The fraction of sp³-hybridized carbons (Fsp3) is 0.435. The van der Waals surface area contributed by atoms with Crippen molar-refractivity contribution in [2.24, 2.45) is 5.92 Å². The number of imidazole rings is 1. The number of ether oxygens (including phenoxy) is 1. The highest BCUT2D eigenvalue weighted by Crippen LogP contribution is 2.34. The number of aliphatic hydroxyl groups is 1. The van der Waals surface area contributed by atoms with Crippen LogP contribution in [0.3, 0.4) is 0 Å². The number of nitrogens with zero attached hydrogens (tertiary/aromatic N) is 2. The van der Waals surface area contributed by atoms with Crippen molar-refractivity contribution in [2.45, 2.75) is 46.6 Å². The van der Waals surface area contributed by atoms with Gasteiger partial charge in [0.15, 0.2) is 0 Å². The first kappa shape index (κ1) is 19.4. The predicted octanol–water partition coefficient (Wildman–Crippen LogP) is 5.03. The Bertz CT molecular complexity index is 908. The van der Waals surface area contributed by atoms with Crippen molar-refractivity contribution >= 4 is 11.0 Å². The van der Waals surface area contributed by atoms with Gasteiger partial charge in [-0.15, -0.1) is 0 Å². The lowest BCUT2D eigenvalue weighted by molar-refractivity contribution is 0.278. The number of aromatic nitrogens is 2. The molecule has 2 aromatic carbocycles. The first-order valence-corrected chi connectivity index (χ1v) is 9.73. The molecule has 0 amide bonds. The summed E-state index contributed by atoms with van der Waals surface area (Å²) in [4.78, 5) is 5.01. The summed E-state index contributed by atoms with van der Waals surface area (Å²) in [5.41, 5.74) is 5.52. The summed E-state index contributed by atoms with van der Waals surface area (Å²) in [5.74, 6) is 2.71. The van der Waals surface area contributed by atoms with Gasteiger partial charge in [-0.3, -0.25) is 0 Å². The van der Waals surface area contributed by atoms with Gasteiger partial charge < -0.3 is 14.4 Å². The molecule has 0 saturated heterocycles. The van der Waals surface area contributed by atoms with Gasteiger partial charge in [0.25, 0.3) is 0 Å². The summed E-state index contributed by atoms with van der Waals surface area (Å²) in [5, 5.41) is 9.67. The molecule has 0 saturated carbocycles. The third kappa shape index (κ3) is 3.86. The highest BCUT2D eigenvalue weighted by atomic mass is 16.5. The van der Waals surface area contributed by atoms with Crippen LogP contribution in [0.4, 0.5) is 0 Å². The Labute approximate surface area is 161 Å².